The third-order valence-corrected chi connectivity index (χ3v) is 4.33. The molecule has 1 aliphatic rings. The second-order valence-electron chi connectivity index (χ2n) is 5.30. The fourth-order valence-corrected chi connectivity index (χ4v) is 2.98. The average molecular weight is 360 g/mol. The molecule has 1 heterocycles. The molecule has 2 rings (SSSR count). The van der Waals surface area contributed by atoms with Gasteiger partial charge in [-0.15, -0.1) is 0 Å². The maximum absolute atomic E-state index is 13.4. The Morgan fingerprint density at radius 2 is 2.14 bits per heavy atom. The minimum Gasteiger partial charge on any atom is -0.377 e. The number of nitrogens with one attached hydrogen (secondary N) is 1. The molecule has 1 aromatic rings. The van der Waals surface area contributed by atoms with Crippen molar-refractivity contribution in [2.75, 3.05) is 25.0 Å². The van der Waals surface area contributed by atoms with E-state index < -0.39 is 10.7 Å². The number of nitro groups is 1. The molecule has 116 valence electrons. The van der Waals surface area contributed by atoms with Gasteiger partial charge in [0.1, 0.15) is 11.5 Å². The molecule has 0 saturated carbocycles. The number of benzene rings is 1. The van der Waals surface area contributed by atoms with Crippen molar-refractivity contribution >= 4 is 27.3 Å². The van der Waals surface area contributed by atoms with Gasteiger partial charge in [-0.3, -0.25) is 10.1 Å². The topological polar surface area (TPSA) is 58.4 Å². The molecule has 0 radical (unpaired) electrons. The Morgan fingerprint density at radius 1 is 1.48 bits per heavy atom. The maximum Gasteiger partial charge on any atom is 0.295 e. The molecule has 0 aromatic heterocycles. The summed E-state index contributed by atoms with van der Waals surface area (Å²) in [4.78, 5) is 12.9. The van der Waals surface area contributed by atoms with Gasteiger partial charge in [0.05, 0.1) is 15.5 Å². The van der Waals surface area contributed by atoms with E-state index in [0.29, 0.717) is 5.69 Å². The smallest absolute Gasteiger partial charge is 0.295 e. The van der Waals surface area contributed by atoms with Crippen LogP contribution in [0.5, 0.6) is 0 Å². The highest BCUT2D eigenvalue weighted by Gasteiger charge is 2.23. The standard InChI is InChI=1S/C14H19BrFN3O2/c1-2-5-18-6-3-10(4-7-18)17-13-8-11(15)12(16)9-14(13)19(20)21/h8-10,17H,2-7H2,1H3. The second kappa shape index (κ2) is 7.17. The van der Waals surface area contributed by atoms with Crippen molar-refractivity contribution in [3.8, 4) is 0 Å². The van der Waals surface area contributed by atoms with Crippen molar-refractivity contribution in [3.05, 3.63) is 32.5 Å². The largest absolute Gasteiger partial charge is 0.377 e. The molecule has 1 saturated heterocycles. The van der Waals surface area contributed by atoms with E-state index in [4.69, 9.17) is 0 Å². The van der Waals surface area contributed by atoms with E-state index in [-0.39, 0.29) is 16.2 Å². The van der Waals surface area contributed by atoms with Crippen molar-refractivity contribution in [3.63, 3.8) is 0 Å². The SMILES string of the molecule is CCCN1CCC(Nc2cc(Br)c(F)cc2[N+](=O)[O-])CC1. The Bertz CT molecular complexity index is 519. The molecular formula is C14H19BrFN3O2. The first-order chi connectivity index (χ1) is 10.0. The fourth-order valence-electron chi connectivity index (χ4n) is 2.64. The molecule has 1 fully saturated rings. The lowest BCUT2D eigenvalue weighted by Crippen LogP contribution is -2.39. The second-order valence-corrected chi connectivity index (χ2v) is 6.16. The van der Waals surface area contributed by atoms with Crippen molar-refractivity contribution in [1.29, 1.82) is 0 Å². The first-order valence-corrected chi connectivity index (χ1v) is 7.93. The summed E-state index contributed by atoms with van der Waals surface area (Å²) in [6.45, 7) is 5.22. The Balaban J connectivity index is 2.06. The zero-order chi connectivity index (χ0) is 15.4. The van der Waals surface area contributed by atoms with Gasteiger partial charge in [-0.25, -0.2) is 4.39 Å². The monoisotopic (exact) mass is 359 g/mol. The van der Waals surface area contributed by atoms with E-state index in [0.717, 1.165) is 45.0 Å². The molecule has 1 N–H and O–H groups in total. The van der Waals surface area contributed by atoms with Crippen LogP contribution in [0.15, 0.2) is 16.6 Å². The van der Waals surface area contributed by atoms with Gasteiger partial charge in [0.25, 0.3) is 5.69 Å². The molecular weight excluding hydrogens is 341 g/mol. The Hall–Kier alpha value is -1.21. The summed E-state index contributed by atoms with van der Waals surface area (Å²) in [6.07, 6.45) is 3.01. The zero-order valence-corrected chi connectivity index (χ0v) is 13.5. The molecule has 0 unspecified atom stereocenters. The number of hydrogen-bond acceptors (Lipinski definition) is 4. The van der Waals surface area contributed by atoms with Crippen molar-refractivity contribution in [2.45, 2.75) is 32.2 Å². The average Bonchev–Trinajstić information content (AvgIpc) is 2.44. The van der Waals surface area contributed by atoms with E-state index in [1.54, 1.807) is 0 Å². The van der Waals surface area contributed by atoms with E-state index >= 15 is 0 Å². The van der Waals surface area contributed by atoms with Crippen molar-refractivity contribution < 1.29 is 9.31 Å². The minimum absolute atomic E-state index is 0.189. The number of nitro benzene ring substituents is 1. The van der Waals surface area contributed by atoms with Crippen LogP contribution in [0.1, 0.15) is 26.2 Å². The van der Waals surface area contributed by atoms with Gasteiger partial charge in [-0.1, -0.05) is 6.92 Å². The molecule has 0 amide bonds. The first-order valence-electron chi connectivity index (χ1n) is 7.13. The molecule has 21 heavy (non-hydrogen) atoms. The summed E-state index contributed by atoms with van der Waals surface area (Å²) < 4.78 is 13.7. The number of piperidine rings is 1. The molecule has 5 nitrogen and oxygen atoms in total. The van der Waals surface area contributed by atoms with Crippen LogP contribution < -0.4 is 5.32 Å². The third-order valence-electron chi connectivity index (χ3n) is 3.72. The summed E-state index contributed by atoms with van der Waals surface area (Å²) in [5.74, 6) is -0.620. The van der Waals surface area contributed by atoms with E-state index in [1.807, 2.05) is 0 Å². The highest BCUT2D eigenvalue weighted by molar-refractivity contribution is 9.10. The van der Waals surface area contributed by atoms with Gasteiger partial charge in [-0.05, 0) is 47.8 Å². The molecule has 0 atom stereocenters. The van der Waals surface area contributed by atoms with Crippen LogP contribution in [0, 0.1) is 15.9 Å². The lowest BCUT2D eigenvalue weighted by Gasteiger charge is -2.32. The van der Waals surface area contributed by atoms with Gasteiger partial charge in [-0.2, -0.15) is 0 Å². The molecule has 1 aliphatic heterocycles. The molecule has 7 heteroatoms. The molecule has 0 spiro atoms. The van der Waals surface area contributed by atoms with Crippen LogP contribution >= 0.6 is 15.9 Å². The Morgan fingerprint density at radius 3 is 2.71 bits per heavy atom. The lowest BCUT2D eigenvalue weighted by atomic mass is 10.0. The number of likely N-dealkylation sites (tertiary alicyclic amines) is 1. The summed E-state index contributed by atoms with van der Waals surface area (Å²) in [5, 5.41) is 14.2. The highest BCUT2D eigenvalue weighted by atomic mass is 79.9. The van der Waals surface area contributed by atoms with E-state index in [9.17, 15) is 14.5 Å². The quantitative estimate of drug-likeness (QED) is 0.641. The lowest BCUT2D eigenvalue weighted by molar-refractivity contribution is -0.384. The molecule has 1 aromatic carbocycles. The van der Waals surface area contributed by atoms with Crippen LogP contribution in [-0.2, 0) is 0 Å². The minimum atomic E-state index is -0.620. The number of anilines is 1. The zero-order valence-electron chi connectivity index (χ0n) is 11.9. The molecule has 0 bridgehead atoms. The van der Waals surface area contributed by atoms with Crippen LogP contribution in [0.3, 0.4) is 0 Å². The summed E-state index contributed by atoms with van der Waals surface area (Å²) in [6, 6.07) is 2.60. The number of halogens is 2. The number of rotatable bonds is 5. The van der Waals surface area contributed by atoms with Crippen LogP contribution in [0.2, 0.25) is 0 Å². The molecule has 0 aliphatic carbocycles. The third kappa shape index (κ3) is 4.14. The van der Waals surface area contributed by atoms with Crippen LogP contribution in [0.4, 0.5) is 15.8 Å². The van der Waals surface area contributed by atoms with E-state index in [1.165, 1.54) is 6.07 Å². The van der Waals surface area contributed by atoms with Gasteiger partial charge < -0.3 is 10.2 Å². The number of hydrogen-bond donors (Lipinski definition) is 1. The summed E-state index contributed by atoms with van der Waals surface area (Å²) in [7, 11) is 0. The van der Waals surface area contributed by atoms with Crippen LogP contribution in [0.25, 0.3) is 0 Å². The Labute approximate surface area is 131 Å². The van der Waals surface area contributed by atoms with Gasteiger partial charge >= 0.3 is 0 Å². The van der Waals surface area contributed by atoms with Gasteiger partial charge in [0, 0.05) is 19.1 Å². The predicted octanol–water partition coefficient (Wildman–Crippen LogP) is 3.78. The predicted molar refractivity (Wildman–Crippen MR) is 84.1 cm³/mol. The summed E-state index contributed by atoms with van der Waals surface area (Å²) >= 11 is 3.08. The Kier molecular flexibility index (Phi) is 5.52. The van der Waals surface area contributed by atoms with Gasteiger partial charge in [0.2, 0.25) is 0 Å². The highest BCUT2D eigenvalue weighted by Crippen LogP contribution is 2.32. The maximum atomic E-state index is 13.4. The van der Waals surface area contributed by atoms with Crippen molar-refractivity contribution in [1.82, 2.24) is 4.90 Å². The normalized spacial score (nSPS) is 16.9. The number of nitrogens with zero attached hydrogens (tertiary/aromatic N) is 2. The summed E-state index contributed by atoms with van der Waals surface area (Å²) in [5.41, 5.74) is 0.161. The first kappa shape index (κ1) is 16.2. The van der Waals surface area contributed by atoms with E-state index in [2.05, 4.69) is 33.1 Å². The van der Waals surface area contributed by atoms with Crippen LogP contribution in [-0.4, -0.2) is 35.5 Å². The fraction of sp³-hybridized carbons (Fsp3) is 0.571. The van der Waals surface area contributed by atoms with Gasteiger partial charge in [0.15, 0.2) is 0 Å². The van der Waals surface area contributed by atoms with Crippen molar-refractivity contribution in [2.24, 2.45) is 0 Å².